The van der Waals surface area contributed by atoms with Crippen molar-refractivity contribution in [2.45, 2.75) is 51.9 Å². The molecule has 0 amide bonds. The Balaban J connectivity index is 2.15. The van der Waals surface area contributed by atoms with E-state index < -0.39 is 0 Å². The van der Waals surface area contributed by atoms with Crippen LogP contribution in [0.3, 0.4) is 0 Å². The normalized spacial score (nSPS) is 13.1. The quantitative estimate of drug-likeness (QED) is 0.633. The number of nitrogens with zero attached hydrogens (tertiary/aromatic N) is 2. The van der Waals surface area contributed by atoms with Crippen LogP contribution in [0.15, 0.2) is 4.52 Å². The Morgan fingerprint density at radius 2 is 2.23 bits per heavy atom. The van der Waals surface area contributed by atoms with Crippen LogP contribution in [0.1, 0.15) is 57.7 Å². The summed E-state index contributed by atoms with van der Waals surface area (Å²) in [7, 11) is 0. The molecule has 1 aromatic rings. The van der Waals surface area contributed by atoms with Gasteiger partial charge in [-0.25, -0.2) is 0 Å². The third-order valence-electron chi connectivity index (χ3n) is 2.27. The number of hydrogen-bond donors (Lipinski definition) is 0. The molecule has 0 spiro atoms. The highest BCUT2D eigenvalue weighted by molar-refractivity contribution is 4.87. The molecule has 0 aliphatic rings. The largest absolute Gasteiger partial charge is 0.329 e. The summed E-state index contributed by atoms with van der Waals surface area (Å²) < 4.78 is 4.58. The molecule has 0 N–H and O–H groups in total. The second kappa shape index (κ2) is 5.73. The van der Waals surface area contributed by atoms with Gasteiger partial charge in [-0.1, -0.05) is 44.7 Å². The lowest BCUT2D eigenvalue weighted by Crippen LogP contribution is -1.95. The van der Waals surface area contributed by atoms with Crippen LogP contribution in [0.25, 0.3) is 0 Å². The fourth-order valence-corrected chi connectivity index (χ4v) is 1.36. The summed E-state index contributed by atoms with van der Waals surface area (Å²) >= 11 is 0. The van der Waals surface area contributed by atoms with Crippen molar-refractivity contribution in [1.29, 1.82) is 0 Å². The molecular formula is C10H17N2O. The van der Waals surface area contributed by atoms with Crippen molar-refractivity contribution in [2.24, 2.45) is 0 Å². The first kappa shape index (κ1) is 10.2. The van der Waals surface area contributed by atoms with Crippen molar-refractivity contribution in [1.82, 2.24) is 10.1 Å². The summed E-state index contributed by atoms with van der Waals surface area (Å²) in [5.74, 6) is 1.20. The van der Waals surface area contributed by atoms with E-state index in [0.29, 0.717) is 5.92 Å². The van der Waals surface area contributed by atoms with Crippen molar-refractivity contribution < 1.29 is 4.52 Å². The Kier molecular flexibility index (Phi) is 4.50. The van der Waals surface area contributed by atoms with E-state index in [4.69, 9.17) is 0 Å². The Morgan fingerprint density at radius 3 is 2.85 bits per heavy atom. The number of unbranched alkanes of at least 4 members (excludes halogenated alkanes) is 3. The van der Waals surface area contributed by atoms with Gasteiger partial charge in [0.05, 0.1) is 0 Å². The Morgan fingerprint density at radius 1 is 1.38 bits per heavy atom. The molecule has 1 radical (unpaired) electrons. The topological polar surface area (TPSA) is 38.9 Å². The summed E-state index contributed by atoms with van der Waals surface area (Å²) in [6, 6.07) is 0. The zero-order valence-electron chi connectivity index (χ0n) is 8.42. The van der Waals surface area contributed by atoms with Gasteiger partial charge in [-0.05, 0) is 6.42 Å². The monoisotopic (exact) mass is 181 g/mol. The first-order valence-corrected chi connectivity index (χ1v) is 5.04. The van der Waals surface area contributed by atoms with Crippen LogP contribution < -0.4 is 0 Å². The summed E-state index contributed by atoms with van der Waals surface area (Å²) in [4.78, 5) is 3.91. The van der Waals surface area contributed by atoms with Gasteiger partial charge in [0.2, 0.25) is 0 Å². The van der Waals surface area contributed by atoms with Gasteiger partial charge in [-0.3, -0.25) is 0 Å². The first-order valence-electron chi connectivity index (χ1n) is 5.04. The Labute approximate surface area is 79.5 Å². The van der Waals surface area contributed by atoms with Gasteiger partial charge >= 0.3 is 6.39 Å². The van der Waals surface area contributed by atoms with E-state index in [9.17, 15) is 0 Å². The molecule has 0 aliphatic heterocycles. The lowest BCUT2D eigenvalue weighted by atomic mass is 10.0. The minimum atomic E-state index is 0.409. The van der Waals surface area contributed by atoms with E-state index in [0.717, 1.165) is 12.2 Å². The summed E-state index contributed by atoms with van der Waals surface area (Å²) in [6.45, 7) is 4.35. The second-order valence-corrected chi connectivity index (χ2v) is 3.49. The molecule has 0 fully saturated rings. The standard InChI is InChI=1S/C10H17N2O/c1-3-4-5-6-7-9(2)10-11-8-13-12-10/h9H,3-7H2,1-2H3. The molecule has 0 saturated carbocycles. The van der Waals surface area contributed by atoms with Crippen LogP contribution in [0.5, 0.6) is 0 Å². The average Bonchev–Trinajstić information content (AvgIpc) is 2.65. The maximum atomic E-state index is 4.58. The molecule has 1 unspecified atom stereocenters. The van der Waals surface area contributed by atoms with Gasteiger partial charge in [-0.2, -0.15) is 4.98 Å². The van der Waals surface area contributed by atoms with Gasteiger partial charge in [0.15, 0.2) is 5.82 Å². The highest BCUT2D eigenvalue weighted by Crippen LogP contribution is 2.18. The number of aromatic nitrogens is 2. The third kappa shape index (κ3) is 3.57. The Hall–Kier alpha value is -0.860. The lowest BCUT2D eigenvalue weighted by molar-refractivity contribution is 0.396. The first-order chi connectivity index (χ1) is 6.34. The summed E-state index contributed by atoms with van der Waals surface area (Å²) in [5, 5.41) is 3.77. The molecule has 1 rings (SSSR count). The van der Waals surface area contributed by atoms with Gasteiger partial charge in [0, 0.05) is 5.92 Å². The van der Waals surface area contributed by atoms with E-state index >= 15 is 0 Å². The SMILES string of the molecule is CCCCCCC(C)c1n[c]on1. The molecule has 0 aromatic carbocycles. The molecule has 1 atom stereocenters. The van der Waals surface area contributed by atoms with Crippen LogP contribution in [0.2, 0.25) is 0 Å². The van der Waals surface area contributed by atoms with E-state index in [1.807, 2.05) is 0 Å². The fourth-order valence-electron chi connectivity index (χ4n) is 1.36. The highest BCUT2D eigenvalue weighted by atomic mass is 16.5. The highest BCUT2D eigenvalue weighted by Gasteiger charge is 2.09. The van der Waals surface area contributed by atoms with Crippen molar-refractivity contribution in [2.75, 3.05) is 0 Å². The zero-order chi connectivity index (χ0) is 9.52. The van der Waals surface area contributed by atoms with Crippen LogP contribution in [-0.4, -0.2) is 10.1 Å². The van der Waals surface area contributed by atoms with Gasteiger partial charge in [0.1, 0.15) is 0 Å². The van der Waals surface area contributed by atoms with Crippen molar-refractivity contribution in [3.8, 4) is 0 Å². The molecule has 0 aliphatic carbocycles. The third-order valence-corrected chi connectivity index (χ3v) is 2.27. The van der Waals surface area contributed by atoms with Gasteiger partial charge in [-0.15, -0.1) is 0 Å². The average molecular weight is 181 g/mol. The molecular weight excluding hydrogens is 164 g/mol. The fraction of sp³-hybridized carbons (Fsp3) is 0.800. The Bertz CT molecular complexity index is 209. The van der Waals surface area contributed by atoms with Crippen LogP contribution >= 0.6 is 0 Å². The predicted molar refractivity (Wildman–Crippen MR) is 50.3 cm³/mol. The molecule has 0 bridgehead atoms. The van der Waals surface area contributed by atoms with Crippen molar-refractivity contribution >= 4 is 0 Å². The molecule has 13 heavy (non-hydrogen) atoms. The van der Waals surface area contributed by atoms with E-state index in [1.54, 1.807) is 0 Å². The molecule has 3 nitrogen and oxygen atoms in total. The van der Waals surface area contributed by atoms with Crippen LogP contribution in [-0.2, 0) is 0 Å². The molecule has 3 heteroatoms. The summed E-state index contributed by atoms with van der Waals surface area (Å²) in [6.07, 6.45) is 8.69. The molecule has 1 heterocycles. The maximum Gasteiger partial charge on any atom is 0.316 e. The minimum absolute atomic E-state index is 0.409. The lowest BCUT2D eigenvalue weighted by Gasteiger charge is -2.05. The van der Waals surface area contributed by atoms with Crippen molar-refractivity contribution in [3.63, 3.8) is 0 Å². The number of hydrogen-bond acceptors (Lipinski definition) is 3. The molecule has 0 saturated heterocycles. The van der Waals surface area contributed by atoms with E-state index in [2.05, 4.69) is 34.9 Å². The predicted octanol–water partition coefficient (Wildman–Crippen LogP) is 2.94. The summed E-state index contributed by atoms with van der Waals surface area (Å²) in [5.41, 5.74) is 0. The van der Waals surface area contributed by atoms with E-state index in [1.165, 1.54) is 25.7 Å². The molecule has 1 aromatic heterocycles. The number of rotatable bonds is 6. The van der Waals surface area contributed by atoms with Gasteiger partial charge < -0.3 is 4.52 Å². The van der Waals surface area contributed by atoms with Crippen LogP contribution in [0.4, 0.5) is 0 Å². The second-order valence-electron chi connectivity index (χ2n) is 3.49. The van der Waals surface area contributed by atoms with Crippen molar-refractivity contribution in [3.05, 3.63) is 12.2 Å². The zero-order valence-corrected chi connectivity index (χ0v) is 8.42. The van der Waals surface area contributed by atoms with Gasteiger partial charge in [0.25, 0.3) is 0 Å². The smallest absolute Gasteiger partial charge is 0.316 e. The maximum absolute atomic E-state index is 4.58. The van der Waals surface area contributed by atoms with Crippen LogP contribution in [0, 0.1) is 6.39 Å². The van der Waals surface area contributed by atoms with E-state index in [-0.39, 0.29) is 0 Å². The molecule has 73 valence electrons. The minimum Gasteiger partial charge on any atom is -0.329 e.